The highest BCUT2D eigenvalue weighted by Crippen LogP contribution is 2.32. The van der Waals surface area contributed by atoms with Crippen molar-refractivity contribution in [3.05, 3.63) is 69.0 Å². The molecule has 2 saturated heterocycles. The SMILES string of the molecule is O=C(CN1C(=O)S/C(=C\c2ccc(OCc3ccc(Br)cc3)cc2)C1=O)N1CCCCC1. The van der Waals surface area contributed by atoms with Crippen molar-refractivity contribution in [1.29, 1.82) is 0 Å². The number of amides is 3. The number of likely N-dealkylation sites (tertiary alicyclic amines) is 1. The van der Waals surface area contributed by atoms with Gasteiger partial charge in [-0.05, 0) is 72.5 Å². The van der Waals surface area contributed by atoms with E-state index in [9.17, 15) is 14.4 Å². The second-order valence-corrected chi connectivity index (χ2v) is 9.60. The average molecular weight is 515 g/mol. The summed E-state index contributed by atoms with van der Waals surface area (Å²) in [5.41, 5.74) is 1.85. The van der Waals surface area contributed by atoms with Gasteiger partial charge in [0.2, 0.25) is 5.91 Å². The highest BCUT2D eigenvalue weighted by Gasteiger charge is 2.37. The fourth-order valence-electron chi connectivity index (χ4n) is 3.57. The van der Waals surface area contributed by atoms with Gasteiger partial charge < -0.3 is 9.64 Å². The predicted molar refractivity (Wildman–Crippen MR) is 128 cm³/mol. The van der Waals surface area contributed by atoms with Gasteiger partial charge in [0, 0.05) is 17.6 Å². The molecular weight excluding hydrogens is 492 g/mol. The number of piperidine rings is 1. The van der Waals surface area contributed by atoms with Crippen molar-refractivity contribution >= 4 is 50.8 Å². The smallest absolute Gasteiger partial charge is 0.294 e. The molecule has 2 aromatic carbocycles. The maximum absolute atomic E-state index is 12.7. The molecule has 0 aliphatic carbocycles. The number of ether oxygens (including phenoxy) is 1. The maximum Gasteiger partial charge on any atom is 0.294 e. The van der Waals surface area contributed by atoms with E-state index in [1.54, 1.807) is 11.0 Å². The van der Waals surface area contributed by atoms with Crippen LogP contribution in [-0.2, 0) is 16.2 Å². The molecule has 2 fully saturated rings. The number of hydrogen-bond acceptors (Lipinski definition) is 5. The molecule has 2 heterocycles. The normalized spacial score (nSPS) is 17.8. The second kappa shape index (κ2) is 10.4. The first-order chi connectivity index (χ1) is 15.5. The molecule has 2 aliphatic rings. The van der Waals surface area contributed by atoms with Gasteiger partial charge in [-0.2, -0.15) is 0 Å². The second-order valence-electron chi connectivity index (χ2n) is 7.69. The van der Waals surface area contributed by atoms with E-state index in [0.29, 0.717) is 30.4 Å². The number of benzene rings is 2. The first kappa shape index (κ1) is 22.6. The lowest BCUT2D eigenvalue weighted by molar-refractivity contribution is -0.136. The summed E-state index contributed by atoms with van der Waals surface area (Å²) in [7, 11) is 0. The molecule has 8 heteroatoms. The standard InChI is InChI=1S/C24H23BrN2O4S/c25-19-8-4-18(5-9-19)16-31-20-10-6-17(7-11-20)14-21-23(29)27(24(30)32-21)15-22(28)26-12-2-1-3-13-26/h4-11,14H,1-3,12-13,15-16H2/b21-14-. The van der Waals surface area contributed by atoms with Gasteiger partial charge in [-0.25, -0.2) is 0 Å². The Morgan fingerprint density at radius 3 is 2.38 bits per heavy atom. The van der Waals surface area contributed by atoms with Crippen LogP contribution in [-0.4, -0.2) is 46.5 Å². The maximum atomic E-state index is 12.7. The lowest BCUT2D eigenvalue weighted by Crippen LogP contribution is -2.44. The van der Waals surface area contributed by atoms with E-state index in [4.69, 9.17) is 4.74 Å². The molecule has 0 spiro atoms. The Labute approximate surface area is 199 Å². The zero-order valence-electron chi connectivity index (χ0n) is 17.5. The van der Waals surface area contributed by atoms with Gasteiger partial charge in [-0.15, -0.1) is 0 Å². The Morgan fingerprint density at radius 2 is 1.69 bits per heavy atom. The molecule has 32 heavy (non-hydrogen) atoms. The highest BCUT2D eigenvalue weighted by atomic mass is 79.9. The van der Waals surface area contributed by atoms with E-state index in [2.05, 4.69) is 15.9 Å². The van der Waals surface area contributed by atoms with Crippen molar-refractivity contribution in [3.63, 3.8) is 0 Å². The number of imide groups is 1. The molecular formula is C24H23BrN2O4S. The highest BCUT2D eigenvalue weighted by molar-refractivity contribution is 9.10. The monoisotopic (exact) mass is 514 g/mol. The summed E-state index contributed by atoms with van der Waals surface area (Å²) in [6.45, 7) is 1.66. The number of rotatable bonds is 6. The van der Waals surface area contributed by atoms with Crippen LogP contribution in [0.1, 0.15) is 30.4 Å². The van der Waals surface area contributed by atoms with Gasteiger partial charge >= 0.3 is 0 Å². The Balaban J connectivity index is 1.35. The van der Waals surface area contributed by atoms with E-state index in [1.807, 2.05) is 48.5 Å². The van der Waals surface area contributed by atoms with Crippen LogP contribution in [0.25, 0.3) is 6.08 Å². The van der Waals surface area contributed by atoms with Crippen LogP contribution in [0.15, 0.2) is 57.9 Å². The van der Waals surface area contributed by atoms with Crippen LogP contribution >= 0.6 is 27.7 Å². The van der Waals surface area contributed by atoms with Crippen molar-refractivity contribution in [2.45, 2.75) is 25.9 Å². The summed E-state index contributed by atoms with van der Waals surface area (Å²) in [4.78, 5) is 40.6. The molecule has 0 bridgehead atoms. The van der Waals surface area contributed by atoms with Crippen LogP contribution in [0.2, 0.25) is 0 Å². The van der Waals surface area contributed by atoms with Gasteiger partial charge in [0.1, 0.15) is 18.9 Å². The minimum absolute atomic E-state index is 0.166. The average Bonchev–Trinajstić information content (AvgIpc) is 3.07. The van der Waals surface area contributed by atoms with E-state index in [1.165, 1.54) is 0 Å². The minimum atomic E-state index is -0.416. The summed E-state index contributed by atoms with van der Waals surface area (Å²) < 4.78 is 6.82. The van der Waals surface area contributed by atoms with E-state index < -0.39 is 11.1 Å². The minimum Gasteiger partial charge on any atom is -0.489 e. The molecule has 0 unspecified atom stereocenters. The van der Waals surface area contributed by atoms with Crippen LogP contribution in [0.5, 0.6) is 5.75 Å². The van der Waals surface area contributed by atoms with Crippen molar-refractivity contribution < 1.29 is 19.1 Å². The fourth-order valence-corrected chi connectivity index (χ4v) is 4.68. The molecule has 4 rings (SSSR count). The third-order valence-corrected chi connectivity index (χ3v) is 6.81. The summed E-state index contributed by atoms with van der Waals surface area (Å²) in [6, 6.07) is 15.2. The van der Waals surface area contributed by atoms with Crippen molar-refractivity contribution in [2.24, 2.45) is 0 Å². The summed E-state index contributed by atoms with van der Waals surface area (Å²) in [5, 5.41) is -0.402. The molecule has 166 valence electrons. The largest absolute Gasteiger partial charge is 0.489 e. The number of hydrogen-bond donors (Lipinski definition) is 0. The lowest BCUT2D eigenvalue weighted by Gasteiger charge is -2.27. The first-order valence-corrected chi connectivity index (χ1v) is 12.1. The van der Waals surface area contributed by atoms with Crippen LogP contribution in [0, 0.1) is 0 Å². The molecule has 6 nitrogen and oxygen atoms in total. The van der Waals surface area contributed by atoms with Crippen molar-refractivity contribution in [2.75, 3.05) is 19.6 Å². The number of halogens is 1. The van der Waals surface area contributed by atoms with Gasteiger partial charge in [0.05, 0.1) is 4.91 Å². The number of carbonyl (C=O) groups excluding carboxylic acids is 3. The predicted octanol–water partition coefficient (Wildman–Crippen LogP) is 5.08. The van der Waals surface area contributed by atoms with Crippen molar-refractivity contribution in [3.8, 4) is 5.75 Å². The van der Waals surface area contributed by atoms with Gasteiger partial charge in [0.25, 0.3) is 11.1 Å². The Morgan fingerprint density at radius 1 is 1.00 bits per heavy atom. The fraction of sp³-hybridized carbons (Fsp3) is 0.292. The van der Waals surface area contributed by atoms with E-state index >= 15 is 0 Å². The van der Waals surface area contributed by atoms with Crippen LogP contribution in [0.3, 0.4) is 0 Å². The first-order valence-electron chi connectivity index (χ1n) is 10.5. The van der Waals surface area contributed by atoms with E-state index in [0.717, 1.165) is 51.5 Å². The topological polar surface area (TPSA) is 66.9 Å². The van der Waals surface area contributed by atoms with Gasteiger partial charge in [-0.3, -0.25) is 19.3 Å². The van der Waals surface area contributed by atoms with Crippen LogP contribution < -0.4 is 4.74 Å². The zero-order valence-corrected chi connectivity index (χ0v) is 19.9. The quantitative estimate of drug-likeness (QED) is 0.503. The number of nitrogens with zero attached hydrogens (tertiary/aromatic N) is 2. The third kappa shape index (κ3) is 5.61. The Bertz CT molecular complexity index is 1030. The lowest BCUT2D eigenvalue weighted by atomic mass is 10.1. The summed E-state index contributed by atoms with van der Waals surface area (Å²) in [5.74, 6) is 0.131. The molecule has 0 radical (unpaired) electrons. The van der Waals surface area contributed by atoms with Crippen LogP contribution in [0.4, 0.5) is 4.79 Å². The molecule has 2 aliphatic heterocycles. The molecule has 0 N–H and O–H groups in total. The Kier molecular flexibility index (Phi) is 7.32. The molecule has 0 aromatic heterocycles. The molecule has 3 amide bonds. The molecule has 2 aromatic rings. The van der Waals surface area contributed by atoms with E-state index in [-0.39, 0.29) is 12.5 Å². The van der Waals surface area contributed by atoms with Crippen molar-refractivity contribution in [1.82, 2.24) is 9.80 Å². The van der Waals surface area contributed by atoms with Gasteiger partial charge in [0.15, 0.2) is 0 Å². The molecule has 0 atom stereocenters. The number of carbonyl (C=O) groups is 3. The summed E-state index contributed by atoms with van der Waals surface area (Å²) in [6.07, 6.45) is 4.73. The van der Waals surface area contributed by atoms with Gasteiger partial charge in [-0.1, -0.05) is 40.2 Å². The molecule has 0 saturated carbocycles. The Hall–Kier alpha value is -2.58. The number of thioether (sulfide) groups is 1. The zero-order chi connectivity index (χ0) is 22.5. The third-order valence-electron chi connectivity index (χ3n) is 5.37. The summed E-state index contributed by atoms with van der Waals surface area (Å²) >= 11 is 4.28.